The number of nitrogens with two attached hydrogens (primary N) is 1. The average Bonchev–Trinajstić information content (AvgIpc) is 2.37. The summed E-state index contributed by atoms with van der Waals surface area (Å²) in [5, 5.41) is 0. The number of ether oxygens (including phenoxy) is 2. The summed E-state index contributed by atoms with van der Waals surface area (Å²) in [6.07, 6.45) is 3.79. The molecule has 0 fully saturated rings. The molecule has 0 atom stereocenters. The van der Waals surface area contributed by atoms with Gasteiger partial charge in [-0.2, -0.15) is 0 Å². The third-order valence-corrected chi connectivity index (χ3v) is 2.75. The van der Waals surface area contributed by atoms with Crippen LogP contribution in [0.2, 0.25) is 0 Å². The fraction of sp³-hybridized carbons (Fsp3) is 0.571. The van der Waals surface area contributed by atoms with Gasteiger partial charge in [0.25, 0.3) is 0 Å². The molecule has 3 nitrogen and oxygen atoms in total. The van der Waals surface area contributed by atoms with Gasteiger partial charge in [-0.25, -0.2) is 4.39 Å². The predicted molar refractivity (Wildman–Crippen MR) is 70.7 cm³/mol. The standard InChI is InChI=1S/C14H22FNO2/c1-3-4-5-8-18-14-9-11(6-7-16)13(17-2)10-12(14)15/h9-10H,3-8,16H2,1-2H3. The Morgan fingerprint density at radius 2 is 2.00 bits per heavy atom. The van der Waals surface area contributed by atoms with E-state index in [-0.39, 0.29) is 11.6 Å². The zero-order chi connectivity index (χ0) is 13.4. The van der Waals surface area contributed by atoms with Gasteiger partial charge in [0.05, 0.1) is 13.7 Å². The highest BCUT2D eigenvalue weighted by Crippen LogP contribution is 2.28. The molecule has 4 heteroatoms. The number of halogens is 1. The molecule has 1 aromatic carbocycles. The fourth-order valence-corrected chi connectivity index (χ4v) is 1.76. The zero-order valence-corrected chi connectivity index (χ0v) is 11.2. The van der Waals surface area contributed by atoms with Crippen molar-refractivity contribution in [1.29, 1.82) is 0 Å². The lowest BCUT2D eigenvalue weighted by molar-refractivity contribution is 0.289. The number of benzene rings is 1. The Morgan fingerprint density at radius 3 is 2.61 bits per heavy atom. The molecule has 0 aliphatic heterocycles. The molecule has 1 rings (SSSR count). The van der Waals surface area contributed by atoms with Crippen LogP contribution in [0, 0.1) is 5.82 Å². The number of hydrogen-bond acceptors (Lipinski definition) is 3. The SMILES string of the molecule is CCCCCOc1cc(CCN)c(OC)cc1F. The topological polar surface area (TPSA) is 44.5 Å². The molecule has 0 aliphatic rings. The van der Waals surface area contributed by atoms with Crippen molar-refractivity contribution in [1.82, 2.24) is 0 Å². The first-order valence-electron chi connectivity index (χ1n) is 6.42. The highest BCUT2D eigenvalue weighted by molar-refractivity contribution is 5.41. The molecule has 0 unspecified atom stereocenters. The van der Waals surface area contributed by atoms with Crippen LogP contribution in [0.25, 0.3) is 0 Å². The predicted octanol–water partition coefficient (Wildman–Crippen LogP) is 2.90. The second kappa shape index (κ2) is 7.93. The molecular weight excluding hydrogens is 233 g/mol. The Kier molecular flexibility index (Phi) is 6.50. The third-order valence-electron chi connectivity index (χ3n) is 2.75. The summed E-state index contributed by atoms with van der Waals surface area (Å²) in [5.74, 6) is 0.429. The van der Waals surface area contributed by atoms with Crippen molar-refractivity contribution in [2.45, 2.75) is 32.6 Å². The molecule has 0 aliphatic carbocycles. The molecule has 2 N–H and O–H groups in total. The monoisotopic (exact) mass is 255 g/mol. The smallest absolute Gasteiger partial charge is 0.168 e. The van der Waals surface area contributed by atoms with E-state index >= 15 is 0 Å². The maximum Gasteiger partial charge on any atom is 0.168 e. The van der Waals surface area contributed by atoms with Gasteiger partial charge in [0.1, 0.15) is 5.75 Å². The molecule has 0 saturated heterocycles. The molecule has 1 aromatic rings. The maximum absolute atomic E-state index is 13.7. The summed E-state index contributed by atoms with van der Waals surface area (Å²) in [7, 11) is 1.52. The molecular formula is C14H22FNO2. The second-order valence-corrected chi connectivity index (χ2v) is 4.19. The van der Waals surface area contributed by atoms with Crippen LogP contribution in [0.1, 0.15) is 31.7 Å². The Hall–Kier alpha value is -1.29. The molecule has 0 saturated carbocycles. The van der Waals surface area contributed by atoms with E-state index in [1.807, 2.05) is 0 Å². The van der Waals surface area contributed by atoms with Crippen molar-refractivity contribution in [3.05, 3.63) is 23.5 Å². The summed E-state index contributed by atoms with van der Waals surface area (Å²) in [6, 6.07) is 3.05. The van der Waals surface area contributed by atoms with E-state index in [1.54, 1.807) is 6.07 Å². The van der Waals surface area contributed by atoms with Gasteiger partial charge < -0.3 is 15.2 Å². The molecule has 0 aromatic heterocycles. The van der Waals surface area contributed by atoms with Gasteiger partial charge in [-0.15, -0.1) is 0 Å². The van der Waals surface area contributed by atoms with Crippen molar-refractivity contribution in [3.63, 3.8) is 0 Å². The van der Waals surface area contributed by atoms with Gasteiger partial charge in [-0.3, -0.25) is 0 Å². The van der Waals surface area contributed by atoms with Crippen molar-refractivity contribution in [3.8, 4) is 11.5 Å². The van der Waals surface area contributed by atoms with Crippen molar-refractivity contribution < 1.29 is 13.9 Å². The van der Waals surface area contributed by atoms with E-state index in [4.69, 9.17) is 15.2 Å². The van der Waals surface area contributed by atoms with Gasteiger partial charge in [-0.05, 0) is 31.0 Å². The van der Waals surface area contributed by atoms with Gasteiger partial charge in [0, 0.05) is 6.07 Å². The fourth-order valence-electron chi connectivity index (χ4n) is 1.76. The second-order valence-electron chi connectivity index (χ2n) is 4.19. The summed E-state index contributed by atoms with van der Waals surface area (Å²) in [5.41, 5.74) is 6.40. The molecule has 0 heterocycles. The highest BCUT2D eigenvalue weighted by atomic mass is 19.1. The van der Waals surface area contributed by atoms with Crippen molar-refractivity contribution in [2.24, 2.45) is 5.73 Å². The lowest BCUT2D eigenvalue weighted by Crippen LogP contribution is -2.06. The van der Waals surface area contributed by atoms with Crippen LogP contribution in [-0.2, 0) is 6.42 Å². The van der Waals surface area contributed by atoms with Crippen LogP contribution in [-0.4, -0.2) is 20.3 Å². The van der Waals surface area contributed by atoms with E-state index in [0.29, 0.717) is 25.3 Å². The number of hydrogen-bond donors (Lipinski definition) is 1. The molecule has 0 bridgehead atoms. The Labute approximate surface area is 108 Å². The van der Waals surface area contributed by atoms with E-state index in [1.165, 1.54) is 13.2 Å². The van der Waals surface area contributed by atoms with E-state index in [2.05, 4.69) is 6.92 Å². The molecule has 0 amide bonds. The van der Waals surface area contributed by atoms with E-state index in [0.717, 1.165) is 24.8 Å². The number of unbranched alkanes of at least 4 members (excludes halogenated alkanes) is 2. The van der Waals surface area contributed by atoms with Gasteiger partial charge in [0.15, 0.2) is 11.6 Å². The summed E-state index contributed by atoms with van der Waals surface area (Å²) in [4.78, 5) is 0. The summed E-state index contributed by atoms with van der Waals surface area (Å²) < 4.78 is 24.3. The first-order valence-corrected chi connectivity index (χ1v) is 6.42. The lowest BCUT2D eigenvalue weighted by Gasteiger charge is -2.12. The van der Waals surface area contributed by atoms with Crippen molar-refractivity contribution in [2.75, 3.05) is 20.3 Å². The normalized spacial score (nSPS) is 10.4. The Bertz CT molecular complexity index is 369. The number of rotatable bonds is 8. The molecule has 102 valence electrons. The summed E-state index contributed by atoms with van der Waals surface area (Å²) >= 11 is 0. The van der Waals surface area contributed by atoms with Crippen LogP contribution in [0.4, 0.5) is 4.39 Å². The Balaban J connectivity index is 2.74. The Morgan fingerprint density at radius 1 is 1.22 bits per heavy atom. The van der Waals surface area contributed by atoms with Gasteiger partial charge in [-0.1, -0.05) is 19.8 Å². The third kappa shape index (κ3) is 4.18. The van der Waals surface area contributed by atoms with Gasteiger partial charge in [0.2, 0.25) is 0 Å². The van der Waals surface area contributed by atoms with Crippen LogP contribution >= 0.6 is 0 Å². The van der Waals surface area contributed by atoms with E-state index < -0.39 is 0 Å². The van der Waals surface area contributed by atoms with Gasteiger partial charge >= 0.3 is 0 Å². The van der Waals surface area contributed by atoms with E-state index in [9.17, 15) is 4.39 Å². The van der Waals surface area contributed by atoms with Crippen LogP contribution < -0.4 is 15.2 Å². The maximum atomic E-state index is 13.7. The largest absolute Gasteiger partial charge is 0.496 e. The van der Waals surface area contributed by atoms with Crippen LogP contribution in [0.15, 0.2) is 12.1 Å². The number of methoxy groups -OCH3 is 1. The zero-order valence-electron chi connectivity index (χ0n) is 11.2. The van der Waals surface area contributed by atoms with Crippen molar-refractivity contribution >= 4 is 0 Å². The quantitative estimate of drug-likeness (QED) is 0.726. The first kappa shape index (κ1) is 14.8. The van der Waals surface area contributed by atoms with Crippen LogP contribution in [0.5, 0.6) is 11.5 Å². The minimum Gasteiger partial charge on any atom is -0.496 e. The molecule has 18 heavy (non-hydrogen) atoms. The first-order chi connectivity index (χ1) is 8.72. The molecule has 0 radical (unpaired) electrons. The molecule has 0 spiro atoms. The highest BCUT2D eigenvalue weighted by Gasteiger charge is 2.11. The summed E-state index contributed by atoms with van der Waals surface area (Å²) in [6.45, 7) is 3.16. The lowest BCUT2D eigenvalue weighted by atomic mass is 10.1. The van der Waals surface area contributed by atoms with Crippen LogP contribution in [0.3, 0.4) is 0 Å². The minimum atomic E-state index is -0.385. The average molecular weight is 255 g/mol. The minimum absolute atomic E-state index is 0.287.